The van der Waals surface area contributed by atoms with Crippen molar-refractivity contribution in [2.75, 3.05) is 5.73 Å². The lowest BCUT2D eigenvalue weighted by molar-refractivity contribution is 0.0920. The maximum atomic E-state index is 13.1. The molecular weight excluding hydrogens is 314 g/mol. The third-order valence-electron chi connectivity index (χ3n) is 4.18. The second-order valence-corrected chi connectivity index (χ2v) is 6.13. The second-order valence-electron chi connectivity index (χ2n) is 6.13. The Balaban J connectivity index is 2.05. The zero-order chi connectivity index (χ0) is 17.8. The van der Waals surface area contributed by atoms with E-state index in [1.165, 1.54) is 6.33 Å². The molecule has 6 nitrogen and oxygen atoms in total. The Morgan fingerprint density at radius 3 is 3.04 bits per heavy atom. The molecule has 1 unspecified atom stereocenters. The van der Waals surface area contributed by atoms with Crippen LogP contribution in [0, 0.1) is 24.2 Å². The van der Waals surface area contributed by atoms with Gasteiger partial charge in [0.1, 0.15) is 6.33 Å². The number of hydrogen-bond acceptors (Lipinski definition) is 5. The molecule has 1 aliphatic rings. The molecule has 2 aromatic heterocycles. The van der Waals surface area contributed by atoms with Crippen LogP contribution in [0.15, 0.2) is 29.9 Å². The molecule has 0 fully saturated rings. The molecule has 6 heteroatoms. The van der Waals surface area contributed by atoms with Crippen molar-refractivity contribution in [3.05, 3.63) is 35.8 Å². The van der Waals surface area contributed by atoms with Crippen molar-refractivity contribution < 1.29 is 4.79 Å². The van der Waals surface area contributed by atoms with Gasteiger partial charge in [-0.3, -0.25) is 4.79 Å². The molecule has 0 bridgehead atoms. The first-order chi connectivity index (χ1) is 12.1. The van der Waals surface area contributed by atoms with Crippen LogP contribution in [0.5, 0.6) is 0 Å². The lowest BCUT2D eigenvalue weighted by atomic mass is 9.92. The molecule has 0 saturated heterocycles. The van der Waals surface area contributed by atoms with Crippen LogP contribution in [0.1, 0.15) is 36.8 Å². The van der Waals surface area contributed by atoms with Crippen molar-refractivity contribution in [2.45, 2.75) is 32.7 Å². The summed E-state index contributed by atoms with van der Waals surface area (Å²) in [5.74, 6) is 3.08. The minimum absolute atomic E-state index is 0.0745. The summed E-state index contributed by atoms with van der Waals surface area (Å²) in [7, 11) is 0. The van der Waals surface area contributed by atoms with Gasteiger partial charge in [0.05, 0.1) is 5.92 Å². The Labute approximate surface area is 146 Å². The molecule has 1 aliphatic carbocycles. The average molecular weight is 333 g/mol. The number of ketones is 1. The van der Waals surface area contributed by atoms with Crippen molar-refractivity contribution in [1.82, 2.24) is 19.5 Å². The average Bonchev–Trinajstić information content (AvgIpc) is 2.83. The molecule has 126 valence electrons. The van der Waals surface area contributed by atoms with E-state index in [1.807, 2.05) is 13.0 Å². The van der Waals surface area contributed by atoms with Gasteiger partial charge in [-0.05, 0) is 30.9 Å². The van der Waals surface area contributed by atoms with Gasteiger partial charge in [-0.25, -0.2) is 15.0 Å². The molecule has 2 atom stereocenters. The first kappa shape index (κ1) is 16.7. The Hall–Kier alpha value is -3.12. The topological polar surface area (TPSA) is 86.7 Å². The van der Waals surface area contributed by atoms with Crippen LogP contribution in [-0.2, 0) is 6.54 Å². The standard InChI is InChI=1S/C19H19N5O/c1-3-4-7-10-24-18-15(17(20)21-12-22-18)23-19(24)16(25)14-9-6-5-8-13(2)11-14/h1,8-9,12-14H,4,7,10-11H2,2H3,(H2,20,21,22)/t13-,14?/m1/s1. The molecule has 0 aliphatic heterocycles. The maximum absolute atomic E-state index is 13.1. The van der Waals surface area contributed by atoms with Gasteiger partial charge in [0, 0.05) is 13.0 Å². The lowest BCUT2D eigenvalue weighted by Gasteiger charge is -2.13. The fourth-order valence-electron chi connectivity index (χ4n) is 2.92. The highest BCUT2D eigenvalue weighted by Gasteiger charge is 2.27. The van der Waals surface area contributed by atoms with Gasteiger partial charge in [-0.15, -0.1) is 12.3 Å². The zero-order valence-electron chi connectivity index (χ0n) is 14.1. The summed E-state index contributed by atoms with van der Waals surface area (Å²) < 4.78 is 1.80. The normalized spacial score (nSPS) is 19.0. The number of imidazole rings is 1. The Bertz CT molecular complexity index is 952. The number of carbonyl (C=O) groups is 1. The molecule has 0 saturated carbocycles. The number of terminal acetylenes is 1. The van der Waals surface area contributed by atoms with Gasteiger partial charge in [-0.1, -0.05) is 18.4 Å². The Kier molecular flexibility index (Phi) is 4.81. The van der Waals surface area contributed by atoms with Crippen LogP contribution in [-0.4, -0.2) is 25.3 Å². The van der Waals surface area contributed by atoms with E-state index < -0.39 is 0 Å². The Morgan fingerprint density at radius 1 is 1.44 bits per heavy atom. The highest BCUT2D eigenvalue weighted by Crippen LogP contribution is 2.24. The summed E-state index contributed by atoms with van der Waals surface area (Å²) >= 11 is 0. The van der Waals surface area contributed by atoms with Crippen molar-refractivity contribution in [3.8, 4) is 12.3 Å². The monoisotopic (exact) mass is 333 g/mol. The predicted molar refractivity (Wildman–Crippen MR) is 95.6 cm³/mol. The number of unbranched alkanes of at least 4 members (excludes halogenated alkanes) is 1. The van der Waals surface area contributed by atoms with Gasteiger partial charge in [0.2, 0.25) is 5.78 Å². The van der Waals surface area contributed by atoms with E-state index in [1.54, 1.807) is 10.6 Å². The molecule has 25 heavy (non-hydrogen) atoms. The van der Waals surface area contributed by atoms with Crippen LogP contribution in [0.4, 0.5) is 5.82 Å². The number of aromatic nitrogens is 4. The maximum Gasteiger partial charge on any atom is 0.205 e. The highest BCUT2D eigenvalue weighted by atomic mass is 16.1. The van der Waals surface area contributed by atoms with Crippen LogP contribution in [0.25, 0.3) is 11.2 Å². The van der Waals surface area contributed by atoms with Gasteiger partial charge >= 0.3 is 0 Å². The zero-order valence-corrected chi connectivity index (χ0v) is 14.1. The van der Waals surface area contributed by atoms with E-state index in [0.29, 0.717) is 36.4 Å². The number of carbonyl (C=O) groups excluding carboxylic acids is 1. The van der Waals surface area contributed by atoms with E-state index >= 15 is 0 Å². The van der Waals surface area contributed by atoms with Crippen LogP contribution >= 0.6 is 0 Å². The number of allylic oxidation sites excluding steroid dienone is 2. The fourth-order valence-corrected chi connectivity index (χ4v) is 2.92. The number of nitrogen functional groups attached to an aromatic ring is 1. The quantitative estimate of drug-likeness (QED) is 0.393. The number of nitrogens with zero attached hydrogens (tertiary/aromatic N) is 4. The van der Waals surface area contributed by atoms with Gasteiger partial charge in [-0.2, -0.15) is 0 Å². The fraction of sp³-hybridized carbons (Fsp3) is 0.368. The number of hydrogen-bond donors (Lipinski definition) is 1. The van der Waals surface area contributed by atoms with Crippen molar-refractivity contribution >= 4 is 22.8 Å². The van der Waals surface area contributed by atoms with E-state index in [-0.39, 0.29) is 23.4 Å². The summed E-state index contributed by atoms with van der Waals surface area (Å²) in [5, 5.41) is 0. The van der Waals surface area contributed by atoms with Gasteiger partial charge in [0.25, 0.3) is 0 Å². The third-order valence-corrected chi connectivity index (χ3v) is 4.18. The SMILES string of the molecule is C#CCCCn1c(C(=O)C2C=C=C=C[C@@H](C)C2)nc2c(N)ncnc21. The summed E-state index contributed by atoms with van der Waals surface area (Å²) in [5.41, 5.74) is 12.8. The summed E-state index contributed by atoms with van der Waals surface area (Å²) in [4.78, 5) is 25.8. The molecule has 2 heterocycles. The predicted octanol–water partition coefficient (Wildman–Crippen LogP) is 2.53. The number of aryl methyl sites for hydroxylation is 1. The van der Waals surface area contributed by atoms with E-state index in [2.05, 4.69) is 32.3 Å². The Morgan fingerprint density at radius 2 is 2.24 bits per heavy atom. The smallest absolute Gasteiger partial charge is 0.205 e. The molecule has 2 aromatic rings. The summed E-state index contributed by atoms with van der Waals surface area (Å²) in [6.07, 6.45) is 12.4. The molecule has 0 aromatic carbocycles. The van der Waals surface area contributed by atoms with Crippen molar-refractivity contribution in [3.63, 3.8) is 0 Å². The van der Waals surface area contributed by atoms with E-state index in [0.717, 1.165) is 6.42 Å². The van der Waals surface area contributed by atoms with Crippen molar-refractivity contribution in [1.29, 1.82) is 0 Å². The molecule has 0 amide bonds. The summed E-state index contributed by atoms with van der Waals surface area (Å²) in [6, 6.07) is 0. The van der Waals surface area contributed by atoms with Crippen LogP contribution in [0.2, 0.25) is 0 Å². The number of anilines is 1. The van der Waals surface area contributed by atoms with Crippen LogP contribution < -0.4 is 5.73 Å². The lowest BCUT2D eigenvalue weighted by Crippen LogP contribution is -2.20. The number of fused-ring (bicyclic) bond motifs is 1. The summed E-state index contributed by atoms with van der Waals surface area (Å²) in [6.45, 7) is 2.60. The second kappa shape index (κ2) is 7.19. The number of rotatable bonds is 5. The molecular formula is C19H19N5O. The van der Waals surface area contributed by atoms with Gasteiger partial charge < -0.3 is 10.3 Å². The first-order valence-electron chi connectivity index (χ1n) is 8.24. The first-order valence-corrected chi connectivity index (χ1v) is 8.24. The van der Waals surface area contributed by atoms with Gasteiger partial charge in [0.15, 0.2) is 22.8 Å². The minimum Gasteiger partial charge on any atom is -0.382 e. The van der Waals surface area contributed by atoms with Crippen molar-refractivity contribution in [2.24, 2.45) is 11.8 Å². The van der Waals surface area contributed by atoms with E-state index in [9.17, 15) is 4.79 Å². The molecule has 0 spiro atoms. The van der Waals surface area contributed by atoms with E-state index in [4.69, 9.17) is 12.2 Å². The largest absolute Gasteiger partial charge is 0.382 e. The number of nitrogens with two attached hydrogens (primary N) is 1. The molecule has 3 rings (SSSR count). The highest BCUT2D eigenvalue weighted by molar-refractivity contribution is 5.99. The molecule has 2 N–H and O–H groups in total. The number of Topliss-reactive ketones (excluding diaryl/α,β-unsaturated/α-hetero) is 1. The molecule has 0 radical (unpaired) electrons. The minimum atomic E-state index is -0.307. The third kappa shape index (κ3) is 3.39. The van der Waals surface area contributed by atoms with Crippen LogP contribution in [0.3, 0.4) is 0 Å².